The van der Waals surface area contributed by atoms with Crippen molar-refractivity contribution in [3.8, 4) is 33.6 Å². The van der Waals surface area contributed by atoms with Crippen LogP contribution in [0.4, 0.5) is 0 Å². The van der Waals surface area contributed by atoms with Gasteiger partial charge in [0.25, 0.3) is 0 Å². The van der Waals surface area contributed by atoms with Crippen LogP contribution in [0.1, 0.15) is 0 Å². The third-order valence-corrected chi connectivity index (χ3v) is 5.23. The van der Waals surface area contributed by atoms with Gasteiger partial charge < -0.3 is 0 Å². The molecular weight excluding hydrogens is 438 g/mol. The van der Waals surface area contributed by atoms with Crippen LogP contribution in [0.2, 0.25) is 20.4 Å². The average Bonchev–Trinajstić information content (AvgIpc) is 2.69. The smallest absolute Gasteiger partial charge is 0.148 e. The standard InChI is InChI=1S/C20H10Cl4N4/c21-17-9-25-7-15(27-17)13-5-1-3-11(19(13)23)12-4-2-6-14(20(12)24)16-8-26-10-18(22)28-16/h1-10H. The van der Waals surface area contributed by atoms with E-state index in [0.717, 1.165) is 11.1 Å². The molecule has 4 nitrogen and oxygen atoms in total. The lowest BCUT2D eigenvalue weighted by molar-refractivity contribution is 1.20. The molecule has 0 amide bonds. The highest BCUT2D eigenvalue weighted by atomic mass is 35.5. The normalized spacial score (nSPS) is 10.9. The van der Waals surface area contributed by atoms with Crippen molar-refractivity contribution in [2.45, 2.75) is 0 Å². The maximum atomic E-state index is 6.71. The fourth-order valence-electron chi connectivity index (χ4n) is 2.82. The minimum atomic E-state index is 0.290. The molecule has 4 rings (SSSR count). The lowest BCUT2D eigenvalue weighted by atomic mass is 9.99. The summed E-state index contributed by atoms with van der Waals surface area (Å²) in [5, 5.41) is 1.57. The van der Waals surface area contributed by atoms with Gasteiger partial charge in [-0.15, -0.1) is 0 Å². The molecule has 0 saturated heterocycles. The van der Waals surface area contributed by atoms with Gasteiger partial charge in [-0.2, -0.15) is 0 Å². The molecule has 0 aliphatic carbocycles. The Morgan fingerprint density at radius 3 is 1.29 bits per heavy atom. The largest absolute Gasteiger partial charge is 0.259 e. The Balaban J connectivity index is 1.87. The Bertz CT molecular complexity index is 1090. The van der Waals surface area contributed by atoms with Gasteiger partial charge in [0.15, 0.2) is 0 Å². The number of nitrogens with zero attached hydrogens (tertiary/aromatic N) is 4. The molecule has 2 aromatic heterocycles. The fraction of sp³-hybridized carbons (Fsp3) is 0. The first-order valence-electron chi connectivity index (χ1n) is 8.08. The van der Waals surface area contributed by atoms with Crippen molar-refractivity contribution >= 4 is 46.4 Å². The number of hydrogen-bond donors (Lipinski definition) is 0. The van der Waals surface area contributed by atoms with Crippen molar-refractivity contribution in [3.63, 3.8) is 0 Å². The number of halogens is 4. The van der Waals surface area contributed by atoms with E-state index in [1.165, 1.54) is 12.4 Å². The lowest BCUT2D eigenvalue weighted by Crippen LogP contribution is -1.92. The van der Waals surface area contributed by atoms with Crippen molar-refractivity contribution in [3.05, 3.63) is 81.5 Å². The monoisotopic (exact) mass is 446 g/mol. The van der Waals surface area contributed by atoms with Crippen LogP contribution in [0.5, 0.6) is 0 Å². The van der Waals surface area contributed by atoms with E-state index in [4.69, 9.17) is 46.4 Å². The molecule has 0 aliphatic rings. The zero-order chi connectivity index (χ0) is 19.7. The maximum absolute atomic E-state index is 6.71. The van der Waals surface area contributed by atoms with Crippen molar-refractivity contribution in [1.82, 2.24) is 19.9 Å². The van der Waals surface area contributed by atoms with Gasteiger partial charge in [0.1, 0.15) is 10.3 Å². The zero-order valence-corrected chi connectivity index (χ0v) is 17.1. The highest BCUT2D eigenvalue weighted by molar-refractivity contribution is 6.39. The van der Waals surface area contributed by atoms with Crippen LogP contribution < -0.4 is 0 Å². The molecule has 0 spiro atoms. The molecule has 28 heavy (non-hydrogen) atoms. The molecule has 0 saturated carbocycles. The molecule has 0 radical (unpaired) electrons. The molecule has 2 heterocycles. The van der Waals surface area contributed by atoms with Crippen LogP contribution in [0.25, 0.3) is 33.6 Å². The topological polar surface area (TPSA) is 51.6 Å². The lowest BCUT2D eigenvalue weighted by Gasteiger charge is -2.13. The molecule has 8 heteroatoms. The second kappa shape index (κ2) is 8.02. The van der Waals surface area contributed by atoms with E-state index >= 15 is 0 Å². The Morgan fingerprint density at radius 2 is 0.893 bits per heavy atom. The van der Waals surface area contributed by atoms with Crippen LogP contribution in [-0.2, 0) is 0 Å². The van der Waals surface area contributed by atoms with Crippen molar-refractivity contribution < 1.29 is 0 Å². The zero-order valence-electron chi connectivity index (χ0n) is 14.1. The Hall–Kier alpha value is -2.24. The first-order valence-corrected chi connectivity index (χ1v) is 9.59. The summed E-state index contributed by atoms with van der Waals surface area (Å²) < 4.78 is 0. The van der Waals surface area contributed by atoms with Gasteiger partial charge in [-0.1, -0.05) is 82.8 Å². The summed E-state index contributed by atoms with van der Waals surface area (Å²) in [5.74, 6) is 0. The summed E-state index contributed by atoms with van der Waals surface area (Å²) in [6, 6.07) is 11.2. The number of rotatable bonds is 3. The molecule has 0 aliphatic heterocycles. The van der Waals surface area contributed by atoms with E-state index in [0.29, 0.717) is 42.9 Å². The third kappa shape index (κ3) is 3.69. The molecule has 0 bridgehead atoms. The van der Waals surface area contributed by atoms with Crippen LogP contribution in [0.3, 0.4) is 0 Å². The van der Waals surface area contributed by atoms with Crippen LogP contribution in [0.15, 0.2) is 61.2 Å². The Labute approximate surface area is 181 Å². The molecular formula is C20H10Cl4N4. The quantitative estimate of drug-likeness (QED) is 0.343. The number of hydrogen-bond acceptors (Lipinski definition) is 4. The SMILES string of the molecule is Clc1cncc(-c2cccc(-c3cccc(-c4cncc(Cl)n4)c3Cl)c2Cl)n1. The summed E-state index contributed by atoms with van der Waals surface area (Å²) in [6.07, 6.45) is 6.15. The first kappa shape index (κ1) is 19.1. The minimum Gasteiger partial charge on any atom is -0.259 e. The van der Waals surface area contributed by atoms with E-state index in [-0.39, 0.29) is 0 Å². The minimum absolute atomic E-state index is 0.290. The van der Waals surface area contributed by atoms with Crippen molar-refractivity contribution in [2.75, 3.05) is 0 Å². The van der Waals surface area contributed by atoms with E-state index in [1.807, 2.05) is 36.4 Å². The van der Waals surface area contributed by atoms with Crippen LogP contribution >= 0.6 is 46.4 Å². The van der Waals surface area contributed by atoms with Crippen LogP contribution in [-0.4, -0.2) is 19.9 Å². The average molecular weight is 448 g/mol. The second-order valence-corrected chi connectivity index (χ2v) is 7.32. The summed E-state index contributed by atoms with van der Waals surface area (Å²) in [7, 11) is 0. The molecule has 138 valence electrons. The van der Waals surface area contributed by atoms with Crippen LogP contribution in [0, 0.1) is 0 Å². The van der Waals surface area contributed by atoms with Crippen molar-refractivity contribution in [2.24, 2.45) is 0 Å². The van der Waals surface area contributed by atoms with Gasteiger partial charge in [-0.05, 0) is 0 Å². The van der Waals surface area contributed by atoms with E-state index in [1.54, 1.807) is 12.4 Å². The van der Waals surface area contributed by atoms with E-state index in [9.17, 15) is 0 Å². The van der Waals surface area contributed by atoms with E-state index in [2.05, 4.69) is 19.9 Å². The number of benzene rings is 2. The summed E-state index contributed by atoms with van der Waals surface area (Å²) in [6.45, 7) is 0. The predicted octanol–water partition coefficient (Wildman–Crippen LogP) is 6.88. The first-order chi connectivity index (χ1) is 13.5. The molecule has 0 fully saturated rings. The van der Waals surface area contributed by atoms with Crippen molar-refractivity contribution in [1.29, 1.82) is 0 Å². The van der Waals surface area contributed by atoms with Gasteiger partial charge in [0, 0.05) is 22.3 Å². The van der Waals surface area contributed by atoms with E-state index < -0.39 is 0 Å². The Morgan fingerprint density at radius 1 is 0.500 bits per heavy atom. The highest BCUT2D eigenvalue weighted by Gasteiger charge is 2.16. The molecule has 0 unspecified atom stereocenters. The second-order valence-electron chi connectivity index (χ2n) is 5.79. The predicted molar refractivity (Wildman–Crippen MR) is 114 cm³/mol. The fourth-order valence-corrected chi connectivity index (χ4v) is 3.76. The summed E-state index contributed by atoms with van der Waals surface area (Å²) in [5.41, 5.74) is 4.07. The van der Waals surface area contributed by atoms with Gasteiger partial charge in [-0.3, -0.25) is 9.97 Å². The Kier molecular flexibility index (Phi) is 5.47. The maximum Gasteiger partial charge on any atom is 0.148 e. The summed E-state index contributed by atoms with van der Waals surface area (Å²) in [4.78, 5) is 16.7. The third-order valence-electron chi connectivity index (χ3n) is 4.05. The molecule has 0 N–H and O–H groups in total. The molecule has 0 atom stereocenters. The number of aromatic nitrogens is 4. The van der Waals surface area contributed by atoms with Gasteiger partial charge in [-0.25, -0.2) is 9.97 Å². The van der Waals surface area contributed by atoms with Gasteiger partial charge in [0.05, 0.1) is 46.2 Å². The van der Waals surface area contributed by atoms with Gasteiger partial charge in [0.2, 0.25) is 0 Å². The van der Waals surface area contributed by atoms with Gasteiger partial charge >= 0.3 is 0 Å². The summed E-state index contributed by atoms with van der Waals surface area (Å²) >= 11 is 25.4. The molecule has 4 aromatic rings. The highest BCUT2D eigenvalue weighted by Crippen LogP contribution is 2.41. The molecule has 2 aromatic carbocycles.